The second-order valence-corrected chi connectivity index (χ2v) is 8.50. The van der Waals surface area contributed by atoms with E-state index < -0.39 is 17.8 Å². The molecule has 2 amide bonds. The van der Waals surface area contributed by atoms with E-state index in [0.717, 1.165) is 29.2 Å². The Morgan fingerprint density at radius 2 is 1.74 bits per heavy atom. The summed E-state index contributed by atoms with van der Waals surface area (Å²) in [6.45, 7) is 3.31. The maximum absolute atomic E-state index is 13.0. The third-order valence-corrected chi connectivity index (χ3v) is 6.07. The molecule has 6 nitrogen and oxygen atoms in total. The number of hydrogen-bond donors (Lipinski definition) is 1. The van der Waals surface area contributed by atoms with Gasteiger partial charge in [0.2, 0.25) is 0 Å². The number of carbonyl (C=O) groups excluding carboxylic acids is 1. The molecule has 1 saturated heterocycles. The Morgan fingerprint density at radius 3 is 2.51 bits per heavy atom. The maximum atomic E-state index is 13.0. The SMILES string of the molecule is C[C@H]1CN(C2=Nc3ccccc3Oc3ccccc32)CCN1C(=O)Nc1cccc(C(F)(F)F)c1. The first-order valence-corrected chi connectivity index (χ1v) is 11.2. The normalized spacial score (nSPS) is 17.5. The first-order chi connectivity index (χ1) is 16.8. The molecule has 35 heavy (non-hydrogen) atoms. The fourth-order valence-corrected chi connectivity index (χ4v) is 4.33. The maximum Gasteiger partial charge on any atom is 0.416 e. The fourth-order valence-electron chi connectivity index (χ4n) is 4.33. The molecule has 9 heteroatoms. The Labute approximate surface area is 200 Å². The Hall–Kier alpha value is -4.01. The van der Waals surface area contributed by atoms with Gasteiger partial charge in [0.25, 0.3) is 0 Å². The number of rotatable bonds is 1. The van der Waals surface area contributed by atoms with Crippen molar-refractivity contribution in [3.05, 3.63) is 83.9 Å². The van der Waals surface area contributed by atoms with Crippen LogP contribution in [0.15, 0.2) is 77.8 Å². The molecule has 0 aliphatic carbocycles. The molecular formula is C26H23F3N4O2. The summed E-state index contributed by atoms with van der Waals surface area (Å²) in [5.41, 5.74) is 0.879. The molecule has 3 aromatic rings. The number of para-hydroxylation sites is 3. The Bertz CT molecular complexity index is 1290. The highest BCUT2D eigenvalue weighted by atomic mass is 19.4. The summed E-state index contributed by atoms with van der Waals surface area (Å²) in [5.74, 6) is 2.13. The van der Waals surface area contributed by atoms with Crippen molar-refractivity contribution in [2.45, 2.75) is 19.1 Å². The molecule has 3 aromatic carbocycles. The summed E-state index contributed by atoms with van der Waals surface area (Å²) in [6, 6.07) is 19.2. The van der Waals surface area contributed by atoms with Crippen LogP contribution in [0.3, 0.4) is 0 Å². The lowest BCUT2D eigenvalue weighted by Gasteiger charge is -2.41. The van der Waals surface area contributed by atoms with Crippen molar-refractivity contribution in [2.24, 2.45) is 4.99 Å². The zero-order valence-electron chi connectivity index (χ0n) is 18.9. The lowest BCUT2D eigenvalue weighted by atomic mass is 10.1. The quantitative estimate of drug-likeness (QED) is 0.456. The van der Waals surface area contributed by atoms with E-state index in [1.54, 1.807) is 4.90 Å². The predicted octanol–water partition coefficient (Wildman–Crippen LogP) is 6.13. The smallest absolute Gasteiger partial charge is 0.416 e. The number of anilines is 1. The molecule has 1 atom stereocenters. The van der Waals surface area contributed by atoms with Crippen molar-refractivity contribution in [1.29, 1.82) is 0 Å². The number of benzene rings is 3. The van der Waals surface area contributed by atoms with Crippen molar-refractivity contribution in [3.63, 3.8) is 0 Å². The third kappa shape index (κ3) is 4.66. The summed E-state index contributed by atoms with van der Waals surface area (Å²) < 4.78 is 45.2. The standard InChI is InChI=1S/C26H23F3N4O2/c1-17-16-32(13-14-33(17)25(34)30-19-8-6-7-18(15-19)26(27,28)29)24-20-9-2-4-11-22(20)35-23-12-5-3-10-21(23)31-24/h2-12,15,17H,13-14,16H2,1H3,(H,30,34)/t17-/m0/s1. The number of nitrogens with zero attached hydrogens (tertiary/aromatic N) is 3. The average Bonchev–Trinajstić information content (AvgIpc) is 3.00. The van der Waals surface area contributed by atoms with E-state index in [2.05, 4.69) is 10.2 Å². The van der Waals surface area contributed by atoms with Crippen LogP contribution in [-0.2, 0) is 6.18 Å². The Balaban J connectivity index is 1.35. The molecule has 0 radical (unpaired) electrons. The number of ether oxygens (including phenoxy) is 1. The third-order valence-electron chi connectivity index (χ3n) is 6.07. The van der Waals surface area contributed by atoms with E-state index in [1.807, 2.05) is 55.5 Å². The second-order valence-electron chi connectivity index (χ2n) is 8.50. The van der Waals surface area contributed by atoms with Crippen molar-refractivity contribution in [2.75, 3.05) is 25.0 Å². The van der Waals surface area contributed by atoms with Gasteiger partial charge in [-0.3, -0.25) is 0 Å². The molecule has 0 unspecified atom stereocenters. The summed E-state index contributed by atoms with van der Waals surface area (Å²) in [7, 11) is 0. The van der Waals surface area contributed by atoms with E-state index >= 15 is 0 Å². The van der Waals surface area contributed by atoms with Crippen LogP contribution in [0.2, 0.25) is 0 Å². The van der Waals surface area contributed by atoms with Gasteiger partial charge >= 0.3 is 12.2 Å². The largest absolute Gasteiger partial charge is 0.454 e. The number of nitrogens with one attached hydrogen (secondary N) is 1. The highest BCUT2D eigenvalue weighted by molar-refractivity contribution is 6.04. The fraction of sp³-hybridized carbons (Fsp3) is 0.231. The van der Waals surface area contributed by atoms with E-state index in [4.69, 9.17) is 9.73 Å². The van der Waals surface area contributed by atoms with Crippen LogP contribution < -0.4 is 10.1 Å². The lowest BCUT2D eigenvalue weighted by molar-refractivity contribution is -0.137. The zero-order valence-corrected chi connectivity index (χ0v) is 18.9. The molecular weight excluding hydrogens is 457 g/mol. The van der Waals surface area contributed by atoms with Gasteiger partial charge < -0.3 is 19.9 Å². The van der Waals surface area contributed by atoms with Gasteiger partial charge in [-0.25, -0.2) is 9.79 Å². The minimum atomic E-state index is -4.47. The van der Waals surface area contributed by atoms with Gasteiger partial charge in [-0.15, -0.1) is 0 Å². The molecule has 0 aromatic heterocycles. The van der Waals surface area contributed by atoms with Gasteiger partial charge in [0.05, 0.1) is 11.1 Å². The van der Waals surface area contributed by atoms with Gasteiger partial charge in [0.1, 0.15) is 17.3 Å². The molecule has 1 N–H and O–H groups in total. The Morgan fingerprint density at radius 1 is 1.00 bits per heavy atom. The van der Waals surface area contributed by atoms with Crippen molar-refractivity contribution in [3.8, 4) is 11.5 Å². The average molecular weight is 480 g/mol. The lowest BCUT2D eigenvalue weighted by Crippen LogP contribution is -2.56. The van der Waals surface area contributed by atoms with Gasteiger partial charge in [-0.05, 0) is 49.4 Å². The van der Waals surface area contributed by atoms with Gasteiger partial charge in [0, 0.05) is 31.4 Å². The number of halogens is 3. The molecule has 180 valence electrons. The topological polar surface area (TPSA) is 57.2 Å². The monoisotopic (exact) mass is 480 g/mol. The summed E-state index contributed by atoms with van der Waals surface area (Å²) >= 11 is 0. The molecule has 2 heterocycles. The van der Waals surface area contributed by atoms with Gasteiger partial charge in [-0.2, -0.15) is 13.2 Å². The minimum absolute atomic E-state index is 0.107. The van der Waals surface area contributed by atoms with Crippen LogP contribution in [0.1, 0.15) is 18.1 Å². The van der Waals surface area contributed by atoms with Crippen LogP contribution >= 0.6 is 0 Å². The summed E-state index contributed by atoms with van der Waals surface area (Å²) in [4.78, 5) is 21.5. The molecule has 0 saturated carbocycles. The van der Waals surface area contributed by atoms with E-state index in [1.165, 1.54) is 12.1 Å². The van der Waals surface area contributed by atoms with Crippen molar-refractivity contribution in [1.82, 2.24) is 9.80 Å². The van der Waals surface area contributed by atoms with Crippen molar-refractivity contribution < 1.29 is 22.7 Å². The number of urea groups is 1. The molecule has 0 spiro atoms. The van der Waals surface area contributed by atoms with Gasteiger partial charge in [0.15, 0.2) is 5.75 Å². The Kier molecular flexibility index (Phi) is 5.84. The number of hydrogen-bond acceptors (Lipinski definition) is 4. The molecule has 1 fully saturated rings. The van der Waals surface area contributed by atoms with Crippen LogP contribution in [0.4, 0.5) is 29.3 Å². The predicted molar refractivity (Wildman–Crippen MR) is 127 cm³/mol. The molecule has 5 rings (SSSR count). The number of aliphatic imine (C=N–C) groups is 1. The number of amides is 2. The summed E-state index contributed by atoms with van der Waals surface area (Å²) in [5, 5.41) is 2.61. The number of piperazine rings is 1. The summed E-state index contributed by atoms with van der Waals surface area (Å²) in [6.07, 6.45) is -4.47. The first-order valence-electron chi connectivity index (χ1n) is 11.2. The number of amidine groups is 1. The number of alkyl halides is 3. The van der Waals surface area contributed by atoms with Gasteiger partial charge in [-0.1, -0.05) is 30.3 Å². The highest BCUT2D eigenvalue weighted by Gasteiger charge is 2.33. The van der Waals surface area contributed by atoms with E-state index in [0.29, 0.717) is 31.1 Å². The van der Waals surface area contributed by atoms with E-state index in [9.17, 15) is 18.0 Å². The second kappa shape index (κ2) is 8.98. The molecule has 0 bridgehead atoms. The number of fused-ring (bicyclic) bond motifs is 2. The van der Waals surface area contributed by atoms with Crippen LogP contribution in [0.5, 0.6) is 11.5 Å². The van der Waals surface area contributed by atoms with Crippen LogP contribution in [-0.4, -0.2) is 47.3 Å². The highest BCUT2D eigenvalue weighted by Crippen LogP contribution is 2.38. The van der Waals surface area contributed by atoms with Crippen LogP contribution in [0, 0.1) is 0 Å². The molecule has 2 aliphatic heterocycles. The molecule has 2 aliphatic rings. The van der Waals surface area contributed by atoms with Crippen LogP contribution in [0.25, 0.3) is 0 Å². The van der Waals surface area contributed by atoms with E-state index in [-0.39, 0.29) is 11.7 Å². The zero-order chi connectivity index (χ0) is 24.6. The first kappa shape index (κ1) is 22.8. The minimum Gasteiger partial charge on any atom is -0.454 e. The van der Waals surface area contributed by atoms with Crippen molar-refractivity contribution >= 4 is 23.2 Å². The number of carbonyl (C=O) groups is 1.